The van der Waals surface area contributed by atoms with Crippen molar-refractivity contribution in [1.82, 2.24) is 20.6 Å². The van der Waals surface area contributed by atoms with Crippen LogP contribution in [0.2, 0.25) is 10.0 Å². The zero-order valence-electron chi connectivity index (χ0n) is 18.4. The first-order valence-corrected chi connectivity index (χ1v) is 11.2. The quantitative estimate of drug-likeness (QED) is 0.575. The smallest absolute Gasteiger partial charge is 0.241 e. The fraction of sp³-hybridized carbons (Fsp3) is 0.500. The molecule has 3 N–H and O–H groups in total. The Hall–Kier alpha value is -2.09. The number of anilines is 2. The van der Waals surface area contributed by atoms with Gasteiger partial charge in [0.1, 0.15) is 11.9 Å². The molecule has 1 fully saturated rings. The Morgan fingerprint density at radius 1 is 1.13 bits per heavy atom. The van der Waals surface area contributed by atoms with Crippen LogP contribution in [0.4, 0.5) is 11.8 Å². The van der Waals surface area contributed by atoms with Crippen LogP contribution in [-0.4, -0.2) is 49.1 Å². The van der Waals surface area contributed by atoms with E-state index in [2.05, 4.69) is 25.9 Å². The third-order valence-electron chi connectivity index (χ3n) is 5.60. The van der Waals surface area contributed by atoms with Gasteiger partial charge in [0.2, 0.25) is 11.9 Å². The Balaban J connectivity index is 1.54. The molecular weight excluding hydrogens is 435 g/mol. The highest BCUT2D eigenvalue weighted by molar-refractivity contribution is 6.42. The van der Waals surface area contributed by atoms with Gasteiger partial charge in [-0.15, -0.1) is 0 Å². The lowest BCUT2D eigenvalue weighted by Crippen LogP contribution is -2.44. The summed E-state index contributed by atoms with van der Waals surface area (Å²) in [7, 11) is 5.71. The number of halogens is 2. The van der Waals surface area contributed by atoms with Crippen molar-refractivity contribution in [3.05, 3.63) is 45.6 Å². The van der Waals surface area contributed by atoms with Crippen LogP contribution >= 0.6 is 23.2 Å². The lowest BCUT2D eigenvalue weighted by Gasteiger charge is -2.31. The van der Waals surface area contributed by atoms with Gasteiger partial charge in [-0.1, -0.05) is 29.3 Å². The average Bonchev–Trinajstić information content (AvgIpc) is 2.73. The highest BCUT2D eigenvalue weighted by Crippen LogP contribution is 2.27. The topological polar surface area (TPSA) is 82.2 Å². The second-order valence-corrected chi connectivity index (χ2v) is 9.01. The summed E-state index contributed by atoms with van der Waals surface area (Å²) in [5.74, 6) is 1.50. The van der Waals surface area contributed by atoms with Crippen molar-refractivity contribution in [1.29, 1.82) is 0 Å². The number of nitrogens with one attached hydrogen (secondary N) is 3. The summed E-state index contributed by atoms with van der Waals surface area (Å²) in [5, 5.41) is 10.6. The molecule has 1 unspecified atom stereocenters. The zero-order valence-corrected chi connectivity index (χ0v) is 19.9. The van der Waals surface area contributed by atoms with Crippen molar-refractivity contribution in [2.75, 3.05) is 31.4 Å². The molecule has 0 bridgehead atoms. The zero-order chi connectivity index (χ0) is 22.5. The maximum atomic E-state index is 12.9. The summed E-state index contributed by atoms with van der Waals surface area (Å²) >= 11 is 12.1. The molecule has 1 heterocycles. The monoisotopic (exact) mass is 464 g/mol. The highest BCUT2D eigenvalue weighted by Gasteiger charge is 2.26. The summed E-state index contributed by atoms with van der Waals surface area (Å²) in [5.41, 5.74) is 1.83. The van der Waals surface area contributed by atoms with Gasteiger partial charge in [0.05, 0.1) is 10.0 Å². The first-order valence-electron chi connectivity index (χ1n) is 10.5. The molecule has 1 amide bonds. The summed E-state index contributed by atoms with van der Waals surface area (Å²) in [4.78, 5) is 23.9. The first kappa shape index (κ1) is 23.6. The number of benzene rings is 1. The maximum absolute atomic E-state index is 12.9. The van der Waals surface area contributed by atoms with Crippen LogP contribution in [0.25, 0.3) is 0 Å². The van der Waals surface area contributed by atoms with E-state index >= 15 is 0 Å². The van der Waals surface area contributed by atoms with Crippen LogP contribution < -0.4 is 20.9 Å². The van der Waals surface area contributed by atoms with Crippen LogP contribution in [0.3, 0.4) is 0 Å². The minimum Gasteiger partial charge on any atom is -0.362 e. The lowest BCUT2D eigenvalue weighted by atomic mass is 9.91. The fourth-order valence-corrected chi connectivity index (χ4v) is 4.25. The van der Waals surface area contributed by atoms with Gasteiger partial charge in [-0.05, 0) is 57.4 Å². The van der Waals surface area contributed by atoms with E-state index in [1.807, 2.05) is 38.2 Å². The van der Waals surface area contributed by atoms with E-state index in [1.54, 1.807) is 19.2 Å². The molecule has 0 spiro atoms. The standard InChI is InChI=1S/C22H30Cl2N6O/c1-13-12-26-22(29-20(13)30(3)4)28-16-8-6-15(7-9-16)27-21(31)19(25-2)14-5-10-17(23)18(24)11-14/h5,10-12,15-16,19,25H,6-9H2,1-4H3,(H,27,31)(H,26,28,29). The summed E-state index contributed by atoms with van der Waals surface area (Å²) in [6, 6.07) is 5.22. The molecule has 1 aliphatic carbocycles. The van der Waals surface area contributed by atoms with Crippen LogP contribution in [0, 0.1) is 6.92 Å². The second-order valence-electron chi connectivity index (χ2n) is 8.19. The van der Waals surface area contributed by atoms with Crippen molar-refractivity contribution in [3.8, 4) is 0 Å². The number of amides is 1. The number of likely N-dealkylation sites (N-methyl/N-ethyl adjacent to an activating group) is 1. The van der Waals surface area contributed by atoms with E-state index in [4.69, 9.17) is 23.2 Å². The Morgan fingerprint density at radius 2 is 1.81 bits per heavy atom. The second kappa shape index (κ2) is 10.5. The molecule has 1 saturated carbocycles. The van der Waals surface area contributed by atoms with E-state index in [9.17, 15) is 4.79 Å². The number of aryl methyl sites for hydroxylation is 1. The van der Waals surface area contributed by atoms with Crippen molar-refractivity contribution in [2.24, 2.45) is 0 Å². The molecular formula is C22H30Cl2N6O. The Labute approximate surface area is 193 Å². The number of carbonyl (C=O) groups is 1. The number of carbonyl (C=O) groups excluding carboxylic acids is 1. The average molecular weight is 465 g/mol. The van der Waals surface area contributed by atoms with Gasteiger partial charge in [0, 0.05) is 37.9 Å². The number of aromatic nitrogens is 2. The van der Waals surface area contributed by atoms with E-state index in [-0.39, 0.29) is 11.9 Å². The minimum absolute atomic E-state index is 0.0604. The first-order chi connectivity index (χ1) is 14.8. The van der Waals surface area contributed by atoms with E-state index < -0.39 is 6.04 Å². The van der Waals surface area contributed by atoms with Gasteiger partial charge in [-0.3, -0.25) is 4.79 Å². The molecule has 7 nitrogen and oxygen atoms in total. The van der Waals surface area contributed by atoms with Gasteiger partial charge in [-0.2, -0.15) is 4.98 Å². The van der Waals surface area contributed by atoms with Gasteiger partial charge in [0.15, 0.2) is 0 Å². The number of nitrogens with zero attached hydrogens (tertiary/aromatic N) is 3. The van der Waals surface area contributed by atoms with E-state index in [1.165, 1.54) is 0 Å². The Kier molecular flexibility index (Phi) is 7.97. The molecule has 0 saturated heterocycles. The Morgan fingerprint density at radius 3 is 2.42 bits per heavy atom. The van der Waals surface area contributed by atoms with Crippen molar-refractivity contribution in [3.63, 3.8) is 0 Å². The molecule has 31 heavy (non-hydrogen) atoms. The lowest BCUT2D eigenvalue weighted by molar-refractivity contribution is -0.124. The summed E-state index contributed by atoms with van der Waals surface area (Å²) in [6.07, 6.45) is 5.52. The Bertz CT molecular complexity index is 915. The normalized spacial score (nSPS) is 19.5. The van der Waals surface area contributed by atoms with E-state index in [0.29, 0.717) is 22.0 Å². The highest BCUT2D eigenvalue weighted by atomic mass is 35.5. The molecule has 1 atom stereocenters. The SMILES string of the molecule is CNC(C(=O)NC1CCC(Nc2ncc(C)c(N(C)C)n2)CC1)c1ccc(Cl)c(Cl)c1. The van der Waals surface area contributed by atoms with Crippen LogP contribution in [0.5, 0.6) is 0 Å². The summed E-state index contributed by atoms with van der Waals surface area (Å²) in [6.45, 7) is 2.00. The van der Waals surface area contributed by atoms with Crippen LogP contribution in [0.15, 0.2) is 24.4 Å². The van der Waals surface area contributed by atoms with Gasteiger partial charge >= 0.3 is 0 Å². The number of rotatable bonds is 7. The van der Waals surface area contributed by atoms with Crippen molar-refractivity contribution >= 4 is 40.9 Å². The van der Waals surface area contributed by atoms with Crippen molar-refractivity contribution < 1.29 is 4.79 Å². The molecule has 1 aromatic carbocycles. The molecule has 1 aliphatic rings. The van der Waals surface area contributed by atoms with E-state index in [0.717, 1.165) is 42.6 Å². The van der Waals surface area contributed by atoms with Gasteiger partial charge in [0.25, 0.3) is 0 Å². The molecule has 0 radical (unpaired) electrons. The predicted molar refractivity (Wildman–Crippen MR) is 127 cm³/mol. The molecule has 2 aromatic rings. The third kappa shape index (κ3) is 5.99. The number of hydrogen-bond acceptors (Lipinski definition) is 6. The summed E-state index contributed by atoms with van der Waals surface area (Å²) < 4.78 is 0. The predicted octanol–water partition coefficient (Wildman–Crippen LogP) is 3.96. The number of hydrogen-bond donors (Lipinski definition) is 3. The maximum Gasteiger partial charge on any atom is 0.241 e. The molecule has 3 rings (SSSR count). The molecule has 0 aliphatic heterocycles. The van der Waals surface area contributed by atoms with Crippen LogP contribution in [0.1, 0.15) is 42.9 Å². The molecule has 168 valence electrons. The van der Waals surface area contributed by atoms with Gasteiger partial charge in [-0.25, -0.2) is 4.98 Å². The largest absolute Gasteiger partial charge is 0.362 e. The van der Waals surface area contributed by atoms with Gasteiger partial charge < -0.3 is 20.9 Å². The molecule has 9 heteroatoms. The molecule has 1 aromatic heterocycles. The van der Waals surface area contributed by atoms with Crippen molar-refractivity contribution in [2.45, 2.75) is 50.7 Å². The van der Waals surface area contributed by atoms with Crippen LogP contribution in [-0.2, 0) is 4.79 Å². The fourth-order valence-electron chi connectivity index (χ4n) is 3.95. The minimum atomic E-state index is -0.476. The third-order valence-corrected chi connectivity index (χ3v) is 6.34.